The van der Waals surface area contributed by atoms with E-state index in [1.165, 1.54) is 16.9 Å². The quantitative estimate of drug-likeness (QED) is 0.501. The van der Waals surface area contributed by atoms with E-state index in [2.05, 4.69) is 27.6 Å². The van der Waals surface area contributed by atoms with Crippen LogP contribution in [0.4, 0.5) is 5.13 Å². The third-order valence-corrected chi connectivity index (χ3v) is 4.63. The van der Waals surface area contributed by atoms with Gasteiger partial charge in [0, 0.05) is 5.75 Å². The molecule has 0 saturated heterocycles. The number of thioether (sulfide) groups is 1. The number of carbonyl (C=O) groups excluding carboxylic acids is 1. The van der Waals surface area contributed by atoms with Crippen molar-refractivity contribution >= 4 is 45.7 Å². The molecule has 0 bridgehead atoms. The van der Waals surface area contributed by atoms with Crippen LogP contribution in [0.5, 0.6) is 0 Å². The molecule has 0 radical (unpaired) electrons. The number of benzene rings is 1. The molecule has 2 aromatic rings. The Kier molecular flexibility index (Phi) is 5.82. The maximum Gasteiger partial charge on any atom is 0.243 e. The molecular formula is C13H14ClN3OS2. The zero-order valence-electron chi connectivity index (χ0n) is 10.9. The molecule has 0 aliphatic carbocycles. The van der Waals surface area contributed by atoms with Crippen LogP contribution >= 0.6 is 34.7 Å². The van der Waals surface area contributed by atoms with Crippen molar-refractivity contribution in [2.45, 2.75) is 23.1 Å². The van der Waals surface area contributed by atoms with Crippen LogP contribution in [0.2, 0.25) is 0 Å². The Morgan fingerprint density at radius 1 is 1.40 bits per heavy atom. The number of nitrogens with one attached hydrogen (secondary N) is 1. The maximum atomic E-state index is 11.4. The number of anilines is 1. The molecule has 1 heterocycles. The molecule has 0 fully saturated rings. The van der Waals surface area contributed by atoms with Gasteiger partial charge in [0.1, 0.15) is 5.38 Å². The number of amides is 1. The van der Waals surface area contributed by atoms with Crippen molar-refractivity contribution in [3.63, 3.8) is 0 Å². The first-order valence-electron chi connectivity index (χ1n) is 6.10. The number of halogens is 1. The lowest BCUT2D eigenvalue weighted by molar-refractivity contribution is -0.115. The maximum absolute atomic E-state index is 11.4. The number of hydrogen-bond donors (Lipinski definition) is 1. The van der Waals surface area contributed by atoms with Crippen molar-refractivity contribution in [1.82, 2.24) is 10.2 Å². The monoisotopic (exact) mass is 327 g/mol. The van der Waals surface area contributed by atoms with Crippen molar-refractivity contribution in [3.05, 3.63) is 35.9 Å². The minimum absolute atomic E-state index is 0.261. The third-order valence-electron chi connectivity index (χ3n) is 2.46. The topological polar surface area (TPSA) is 54.9 Å². The number of aryl methyl sites for hydroxylation is 1. The molecule has 1 N–H and O–H groups in total. The molecule has 0 aliphatic rings. The van der Waals surface area contributed by atoms with Gasteiger partial charge in [-0.3, -0.25) is 10.1 Å². The second-order valence-electron chi connectivity index (χ2n) is 4.06. The number of nitrogens with zero attached hydrogens (tertiary/aromatic N) is 2. The predicted molar refractivity (Wildman–Crippen MR) is 84.7 cm³/mol. The lowest BCUT2D eigenvalue weighted by atomic mass is 10.2. The normalized spacial score (nSPS) is 12.1. The van der Waals surface area contributed by atoms with E-state index < -0.39 is 5.38 Å². The van der Waals surface area contributed by atoms with Gasteiger partial charge in [0.25, 0.3) is 0 Å². The van der Waals surface area contributed by atoms with Crippen LogP contribution in [-0.2, 0) is 11.2 Å². The summed E-state index contributed by atoms with van der Waals surface area (Å²) in [4.78, 5) is 11.4. The molecule has 1 aromatic heterocycles. The predicted octanol–water partition coefficient (Wildman–Crippen LogP) is 3.44. The summed E-state index contributed by atoms with van der Waals surface area (Å²) in [7, 11) is 0. The summed E-state index contributed by atoms with van der Waals surface area (Å²) in [6, 6.07) is 10.3. The summed E-state index contributed by atoms with van der Waals surface area (Å²) >= 11 is 8.67. The van der Waals surface area contributed by atoms with E-state index >= 15 is 0 Å². The summed E-state index contributed by atoms with van der Waals surface area (Å²) in [6.45, 7) is 1.62. The van der Waals surface area contributed by atoms with Crippen molar-refractivity contribution < 1.29 is 4.79 Å². The Morgan fingerprint density at radius 2 is 2.15 bits per heavy atom. The van der Waals surface area contributed by atoms with Gasteiger partial charge in [-0.15, -0.1) is 21.8 Å². The Hall–Kier alpha value is -1.11. The molecule has 4 nitrogen and oxygen atoms in total. The fourth-order valence-electron chi connectivity index (χ4n) is 1.42. The molecule has 0 saturated carbocycles. The van der Waals surface area contributed by atoms with Gasteiger partial charge in [-0.2, -0.15) is 0 Å². The van der Waals surface area contributed by atoms with Gasteiger partial charge < -0.3 is 0 Å². The van der Waals surface area contributed by atoms with E-state index in [1.807, 2.05) is 18.2 Å². The molecule has 2 rings (SSSR count). The van der Waals surface area contributed by atoms with Gasteiger partial charge in [0.15, 0.2) is 4.34 Å². The average molecular weight is 328 g/mol. The zero-order chi connectivity index (χ0) is 14.4. The molecule has 7 heteroatoms. The molecule has 20 heavy (non-hydrogen) atoms. The number of alkyl halides is 1. The first kappa shape index (κ1) is 15.3. The van der Waals surface area contributed by atoms with Crippen molar-refractivity contribution in [2.75, 3.05) is 11.1 Å². The average Bonchev–Trinajstić information content (AvgIpc) is 2.87. The Labute approximate surface area is 130 Å². The number of carbonyl (C=O) groups is 1. The van der Waals surface area contributed by atoms with E-state index in [4.69, 9.17) is 11.6 Å². The molecule has 0 spiro atoms. The van der Waals surface area contributed by atoms with Gasteiger partial charge in [-0.1, -0.05) is 53.4 Å². The molecular weight excluding hydrogens is 314 g/mol. The minimum Gasteiger partial charge on any atom is -0.299 e. The lowest BCUT2D eigenvalue weighted by Crippen LogP contribution is -2.20. The fourth-order valence-corrected chi connectivity index (χ4v) is 3.29. The summed E-state index contributed by atoms with van der Waals surface area (Å²) < 4.78 is 0.846. The first-order valence-corrected chi connectivity index (χ1v) is 8.34. The highest BCUT2D eigenvalue weighted by Crippen LogP contribution is 2.26. The SMILES string of the molecule is C[C@@H](Cl)C(=O)Nc1nnc(SCCc2ccccc2)s1. The molecule has 1 aromatic carbocycles. The highest BCUT2D eigenvalue weighted by molar-refractivity contribution is 8.01. The standard InChI is InChI=1S/C13H14ClN3OS2/c1-9(14)11(18)15-12-16-17-13(20-12)19-8-7-10-5-3-2-4-6-10/h2-6,9H,7-8H2,1H3,(H,15,16,18)/t9-/m1/s1. The summed E-state index contributed by atoms with van der Waals surface area (Å²) in [5.74, 6) is 0.669. The van der Waals surface area contributed by atoms with Crippen LogP contribution in [0.1, 0.15) is 12.5 Å². The van der Waals surface area contributed by atoms with Gasteiger partial charge >= 0.3 is 0 Å². The lowest BCUT2D eigenvalue weighted by Gasteiger charge is -2.00. The second kappa shape index (κ2) is 7.61. The van der Waals surface area contributed by atoms with Crippen LogP contribution in [0, 0.1) is 0 Å². The summed E-state index contributed by atoms with van der Waals surface area (Å²) in [5.41, 5.74) is 1.30. The van der Waals surface area contributed by atoms with Gasteiger partial charge in [0.2, 0.25) is 11.0 Å². The minimum atomic E-state index is -0.576. The molecule has 0 aliphatic heterocycles. The number of aromatic nitrogens is 2. The van der Waals surface area contributed by atoms with Crippen LogP contribution in [0.3, 0.4) is 0 Å². The highest BCUT2D eigenvalue weighted by Gasteiger charge is 2.12. The van der Waals surface area contributed by atoms with Crippen molar-refractivity contribution in [1.29, 1.82) is 0 Å². The Bertz CT molecular complexity index is 560. The van der Waals surface area contributed by atoms with E-state index in [9.17, 15) is 4.79 Å². The van der Waals surface area contributed by atoms with Gasteiger partial charge in [-0.25, -0.2) is 0 Å². The van der Waals surface area contributed by atoms with E-state index in [1.54, 1.807) is 18.7 Å². The zero-order valence-corrected chi connectivity index (χ0v) is 13.3. The number of rotatable bonds is 6. The van der Waals surface area contributed by atoms with Gasteiger partial charge in [0.05, 0.1) is 0 Å². The molecule has 106 valence electrons. The van der Waals surface area contributed by atoms with Gasteiger partial charge in [-0.05, 0) is 18.9 Å². The molecule has 0 unspecified atom stereocenters. The fraction of sp³-hybridized carbons (Fsp3) is 0.308. The van der Waals surface area contributed by atoms with E-state index in [0.29, 0.717) is 5.13 Å². The Balaban J connectivity index is 1.80. The second-order valence-corrected chi connectivity index (χ2v) is 7.04. The van der Waals surface area contributed by atoms with Crippen molar-refractivity contribution in [2.24, 2.45) is 0 Å². The van der Waals surface area contributed by atoms with Crippen LogP contribution in [0.15, 0.2) is 34.7 Å². The molecule has 1 atom stereocenters. The number of hydrogen-bond acceptors (Lipinski definition) is 5. The van der Waals surface area contributed by atoms with Crippen LogP contribution in [0.25, 0.3) is 0 Å². The highest BCUT2D eigenvalue weighted by atomic mass is 35.5. The van der Waals surface area contributed by atoms with Crippen LogP contribution < -0.4 is 5.32 Å². The van der Waals surface area contributed by atoms with E-state index in [0.717, 1.165) is 16.5 Å². The third kappa shape index (κ3) is 4.77. The van der Waals surface area contributed by atoms with Crippen LogP contribution in [-0.4, -0.2) is 27.2 Å². The van der Waals surface area contributed by atoms with Crippen molar-refractivity contribution in [3.8, 4) is 0 Å². The largest absolute Gasteiger partial charge is 0.299 e. The smallest absolute Gasteiger partial charge is 0.243 e. The van der Waals surface area contributed by atoms with E-state index in [-0.39, 0.29) is 5.91 Å². The first-order chi connectivity index (χ1) is 9.65. The summed E-state index contributed by atoms with van der Waals surface area (Å²) in [5, 5.41) is 10.5. The summed E-state index contributed by atoms with van der Waals surface area (Å²) in [6.07, 6.45) is 0.978. The Morgan fingerprint density at radius 3 is 2.85 bits per heavy atom. The molecule has 1 amide bonds.